The number of nitriles is 1. The van der Waals surface area contributed by atoms with Gasteiger partial charge in [-0.3, -0.25) is 4.98 Å². The summed E-state index contributed by atoms with van der Waals surface area (Å²) < 4.78 is 4.96. The lowest BCUT2D eigenvalue weighted by Gasteiger charge is -1.99. The predicted octanol–water partition coefficient (Wildman–Crippen LogP) is 1.60. The Kier molecular flexibility index (Phi) is 3.87. The first-order chi connectivity index (χ1) is 8.70. The smallest absolute Gasteiger partial charge is 0.229 e. The summed E-state index contributed by atoms with van der Waals surface area (Å²) in [6.45, 7) is 0. The summed E-state index contributed by atoms with van der Waals surface area (Å²) >= 11 is 5.95. The Hall–Kier alpha value is -1.97. The van der Waals surface area contributed by atoms with Gasteiger partial charge in [-0.05, 0) is 12.1 Å². The molecule has 0 saturated carbocycles. The molecule has 6 nitrogen and oxygen atoms in total. The molecule has 2 aromatic heterocycles. The molecule has 0 spiro atoms. The first-order valence-corrected chi connectivity index (χ1v) is 5.57. The number of hydrogen-bond acceptors (Lipinski definition) is 6. The highest BCUT2D eigenvalue weighted by Crippen LogP contribution is 2.22. The Labute approximate surface area is 108 Å². The Balaban J connectivity index is 2.16. The van der Waals surface area contributed by atoms with E-state index in [1.807, 2.05) is 6.07 Å². The minimum Gasteiger partial charge on any atom is -0.392 e. The zero-order valence-electron chi connectivity index (χ0n) is 9.25. The second-order valence-electron chi connectivity index (χ2n) is 3.57. The molecule has 2 rings (SSSR count). The molecule has 18 heavy (non-hydrogen) atoms. The quantitative estimate of drug-likeness (QED) is 0.901. The van der Waals surface area contributed by atoms with E-state index in [9.17, 15) is 5.11 Å². The summed E-state index contributed by atoms with van der Waals surface area (Å²) in [7, 11) is 0. The molecule has 0 radical (unpaired) electrons. The van der Waals surface area contributed by atoms with Crippen molar-refractivity contribution < 1.29 is 9.63 Å². The maximum atomic E-state index is 9.45. The molecule has 0 bridgehead atoms. The van der Waals surface area contributed by atoms with E-state index in [2.05, 4.69) is 15.1 Å². The summed E-state index contributed by atoms with van der Waals surface area (Å²) in [6, 6.07) is 5.23. The molecule has 0 aliphatic carbocycles. The van der Waals surface area contributed by atoms with Crippen molar-refractivity contribution in [2.24, 2.45) is 0 Å². The van der Waals surface area contributed by atoms with Crippen molar-refractivity contribution in [1.82, 2.24) is 15.1 Å². The molecule has 1 unspecified atom stereocenters. The van der Waals surface area contributed by atoms with Gasteiger partial charge in [0.25, 0.3) is 0 Å². The van der Waals surface area contributed by atoms with Crippen LogP contribution in [0.5, 0.6) is 0 Å². The van der Waals surface area contributed by atoms with Crippen LogP contribution in [-0.4, -0.2) is 26.3 Å². The van der Waals surface area contributed by atoms with Crippen LogP contribution in [0.3, 0.4) is 0 Å². The topological polar surface area (TPSA) is 95.8 Å². The molecule has 7 heteroatoms. The molecular weight excluding hydrogens is 256 g/mol. The molecule has 2 heterocycles. The molecule has 1 atom stereocenters. The van der Waals surface area contributed by atoms with Gasteiger partial charge in [-0.2, -0.15) is 10.2 Å². The fourth-order valence-corrected chi connectivity index (χ4v) is 1.57. The van der Waals surface area contributed by atoms with Crippen LogP contribution < -0.4 is 0 Å². The lowest BCUT2D eigenvalue weighted by molar-refractivity contribution is 0.167. The van der Waals surface area contributed by atoms with Crippen molar-refractivity contribution in [3.05, 3.63) is 29.2 Å². The second-order valence-corrected chi connectivity index (χ2v) is 3.97. The molecule has 0 amide bonds. The zero-order chi connectivity index (χ0) is 13.0. The molecule has 0 saturated heterocycles. The van der Waals surface area contributed by atoms with Crippen molar-refractivity contribution in [2.45, 2.75) is 18.9 Å². The van der Waals surface area contributed by atoms with E-state index in [0.29, 0.717) is 10.7 Å². The summed E-state index contributed by atoms with van der Waals surface area (Å²) in [4.78, 5) is 8.11. The molecule has 2 aromatic rings. The normalized spacial score (nSPS) is 12.1. The Morgan fingerprint density at radius 3 is 3.11 bits per heavy atom. The lowest BCUT2D eigenvalue weighted by Crippen LogP contribution is -2.09. The fourth-order valence-electron chi connectivity index (χ4n) is 1.36. The molecule has 1 N–H and O–H groups in total. The van der Waals surface area contributed by atoms with Crippen LogP contribution in [0.1, 0.15) is 12.3 Å². The average Bonchev–Trinajstić information content (AvgIpc) is 2.78. The number of pyridine rings is 1. The van der Waals surface area contributed by atoms with Crippen LogP contribution in [0.25, 0.3) is 11.5 Å². The number of aliphatic hydroxyl groups is 1. The molecule has 0 fully saturated rings. The average molecular weight is 265 g/mol. The van der Waals surface area contributed by atoms with E-state index in [1.54, 1.807) is 18.3 Å². The van der Waals surface area contributed by atoms with Gasteiger partial charge in [-0.15, -0.1) is 0 Å². The van der Waals surface area contributed by atoms with Crippen molar-refractivity contribution >= 4 is 11.6 Å². The van der Waals surface area contributed by atoms with Crippen molar-refractivity contribution in [3.8, 4) is 17.6 Å². The highest BCUT2D eigenvalue weighted by atomic mass is 35.5. The van der Waals surface area contributed by atoms with E-state index in [0.717, 1.165) is 0 Å². The van der Waals surface area contributed by atoms with Gasteiger partial charge in [0.1, 0.15) is 5.69 Å². The first-order valence-electron chi connectivity index (χ1n) is 5.19. The molecule has 0 aromatic carbocycles. The highest BCUT2D eigenvalue weighted by Gasteiger charge is 2.15. The van der Waals surface area contributed by atoms with Gasteiger partial charge in [0, 0.05) is 6.20 Å². The van der Waals surface area contributed by atoms with Gasteiger partial charge >= 0.3 is 0 Å². The third-order valence-electron chi connectivity index (χ3n) is 2.18. The van der Waals surface area contributed by atoms with Crippen molar-refractivity contribution in [1.29, 1.82) is 5.26 Å². The van der Waals surface area contributed by atoms with Crippen LogP contribution in [-0.2, 0) is 6.42 Å². The third-order valence-corrected chi connectivity index (χ3v) is 2.48. The van der Waals surface area contributed by atoms with Gasteiger partial charge in [0.2, 0.25) is 11.7 Å². The minimum absolute atomic E-state index is 0.0159. The van der Waals surface area contributed by atoms with Crippen LogP contribution in [0, 0.1) is 11.3 Å². The first kappa shape index (κ1) is 12.5. The highest BCUT2D eigenvalue weighted by molar-refractivity contribution is 6.32. The fraction of sp³-hybridized carbons (Fsp3) is 0.273. The molecule has 0 aliphatic rings. The van der Waals surface area contributed by atoms with Crippen molar-refractivity contribution in [2.75, 3.05) is 0 Å². The van der Waals surface area contributed by atoms with Crippen molar-refractivity contribution in [3.63, 3.8) is 0 Å². The number of nitrogens with zero attached hydrogens (tertiary/aromatic N) is 4. The maximum absolute atomic E-state index is 9.45. The Morgan fingerprint density at radius 1 is 1.56 bits per heavy atom. The zero-order valence-corrected chi connectivity index (χ0v) is 10.0. The standard InChI is InChI=1S/C11H9ClN4O2/c12-8-2-1-5-14-10(8)11-15-9(18-16-11)6-7(17)3-4-13/h1-2,5,7,17H,3,6H2. The Bertz CT molecular complexity index is 578. The number of rotatable bonds is 4. The number of aliphatic hydroxyl groups excluding tert-OH is 1. The van der Waals surface area contributed by atoms with E-state index in [1.165, 1.54) is 0 Å². The summed E-state index contributed by atoms with van der Waals surface area (Å²) in [5, 5.41) is 22.0. The van der Waals surface area contributed by atoms with E-state index >= 15 is 0 Å². The Morgan fingerprint density at radius 2 is 2.39 bits per heavy atom. The summed E-state index contributed by atoms with van der Waals surface area (Å²) in [5.74, 6) is 0.509. The summed E-state index contributed by atoms with van der Waals surface area (Å²) in [6.07, 6.45) is 0.900. The monoisotopic (exact) mass is 264 g/mol. The second kappa shape index (κ2) is 5.58. The van der Waals surface area contributed by atoms with Gasteiger partial charge in [0.05, 0.1) is 30.0 Å². The van der Waals surface area contributed by atoms with E-state index in [-0.39, 0.29) is 24.6 Å². The van der Waals surface area contributed by atoms with Crippen LogP contribution in [0.4, 0.5) is 0 Å². The molecule has 92 valence electrons. The number of halogens is 1. The van der Waals surface area contributed by atoms with Gasteiger partial charge in [-0.1, -0.05) is 16.8 Å². The maximum Gasteiger partial charge on any atom is 0.229 e. The summed E-state index contributed by atoms with van der Waals surface area (Å²) in [5.41, 5.74) is 0.420. The van der Waals surface area contributed by atoms with Gasteiger partial charge in [-0.25, -0.2) is 0 Å². The number of hydrogen-bond donors (Lipinski definition) is 1. The number of aromatic nitrogens is 3. The molecule has 0 aliphatic heterocycles. The SMILES string of the molecule is N#CCC(O)Cc1nc(-c2ncccc2Cl)no1. The van der Waals surface area contributed by atoms with E-state index < -0.39 is 6.10 Å². The van der Waals surface area contributed by atoms with E-state index in [4.69, 9.17) is 21.4 Å². The van der Waals surface area contributed by atoms with Crippen LogP contribution in [0.2, 0.25) is 5.02 Å². The van der Waals surface area contributed by atoms with Crippen LogP contribution >= 0.6 is 11.6 Å². The van der Waals surface area contributed by atoms with Gasteiger partial charge in [0.15, 0.2) is 0 Å². The minimum atomic E-state index is -0.817. The predicted molar refractivity (Wildman–Crippen MR) is 62.5 cm³/mol. The largest absolute Gasteiger partial charge is 0.392 e. The molecular formula is C11H9ClN4O2. The lowest BCUT2D eigenvalue weighted by atomic mass is 10.2. The van der Waals surface area contributed by atoms with Gasteiger partial charge < -0.3 is 9.63 Å². The third kappa shape index (κ3) is 2.83. The van der Waals surface area contributed by atoms with Crippen LogP contribution in [0.15, 0.2) is 22.9 Å².